The zero-order valence-electron chi connectivity index (χ0n) is 17.6. The van der Waals surface area contributed by atoms with Gasteiger partial charge in [-0.3, -0.25) is 0 Å². The number of benzene rings is 2. The topological polar surface area (TPSA) is 78.0 Å². The van der Waals surface area contributed by atoms with Crippen LogP contribution in [0, 0.1) is 6.92 Å². The van der Waals surface area contributed by atoms with Gasteiger partial charge in [-0.2, -0.15) is 11.3 Å². The minimum absolute atomic E-state index is 0.0354. The van der Waals surface area contributed by atoms with E-state index in [0.29, 0.717) is 5.69 Å². The number of thiophene rings is 1. The summed E-state index contributed by atoms with van der Waals surface area (Å²) in [6.07, 6.45) is -0.530. The molecule has 0 fully saturated rings. The smallest absolute Gasteiger partial charge is 0.266 e. The molecule has 1 aromatic heterocycles. The summed E-state index contributed by atoms with van der Waals surface area (Å²) in [5.41, 5.74) is 3.31. The van der Waals surface area contributed by atoms with Gasteiger partial charge in [-0.25, -0.2) is 25.4 Å². The summed E-state index contributed by atoms with van der Waals surface area (Å²) in [6, 6.07) is 12.9. The lowest BCUT2D eigenvalue weighted by Crippen LogP contribution is -2.37. The van der Waals surface area contributed by atoms with E-state index in [1.807, 2.05) is 47.8 Å². The number of rotatable bonds is 5. The maximum absolute atomic E-state index is 13.8. The Hall–Kier alpha value is -2.40. The Balaban J connectivity index is 1.85. The lowest BCUT2D eigenvalue weighted by Gasteiger charge is -2.30. The summed E-state index contributed by atoms with van der Waals surface area (Å²) in [5.74, 6) is 0. The number of hydrogen-bond donors (Lipinski definition) is 0. The minimum atomic E-state index is -3.97. The Morgan fingerprint density at radius 1 is 0.935 bits per heavy atom. The molecule has 1 atom stereocenters. The fourth-order valence-corrected chi connectivity index (χ4v) is 7.05. The van der Waals surface area contributed by atoms with Gasteiger partial charge in [0.25, 0.3) is 10.0 Å². The summed E-state index contributed by atoms with van der Waals surface area (Å²) in [5, 5.41) is 3.86. The summed E-state index contributed by atoms with van der Waals surface area (Å²) in [4.78, 5) is 2.05. The average molecular weight is 478 g/mol. The van der Waals surface area contributed by atoms with Crippen molar-refractivity contribution >= 4 is 42.8 Å². The van der Waals surface area contributed by atoms with Crippen LogP contribution in [-0.4, -0.2) is 42.3 Å². The van der Waals surface area contributed by atoms with Crippen molar-refractivity contribution in [1.29, 1.82) is 0 Å². The quantitative estimate of drug-likeness (QED) is 0.561. The highest BCUT2D eigenvalue weighted by Gasteiger charge is 2.43. The van der Waals surface area contributed by atoms with Gasteiger partial charge in [0.1, 0.15) is 6.17 Å². The second kappa shape index (κ2) is 7.63. The molecule has 31 heavy (non-hydrogen) atoms. The van der Waals surface area contributed by atoms with E-state index in [1.54, 1.807) is 6.07 Å². The van der Waals surface area contributed by atoms with Crippen LogP contribution in [0.2, 0.25) is 0 Å². The van der Waals surface area contributed by atoms with Crippen molar-refractivity contribution in [2.45, 2.75) is 22.9 Å². The van der Waals surface area contributed by atoms with Crippen molar-refractivity contribution < 1.29 is 16.8 Å². The van der Waals surface area contributed by atoms with Crippen LogP contribution in [0.3, 0.4) is 0 Å². The predicted octanol–water partition coefficient (Wildman–Crippen LogP) is 3.65. The highest BCUT2D eigenvalue weighted by molar-refractivity contribution is 7.93. The number of aryl methyl sites for hydroxylation is 1. The molecule has 2 aromatic carbocycles. The van der Waals surface area contributed by atoms with E-state index in [0.717, 1.165) is 21.1 Å². The van der Waals surface area contributed by atoms with E-state index in [4.69, 9.17) is 0 Å². The number of nitrogens with zero attached hydrogens (tertiary/aromatic N) is 3. The molecule has 3 aromatic rings. The first-order chi connectivity index (χ1) is 14.6. The molecule has 1 aliphatic rings. The Labute approximate surface area is 187 Å². The highest BCUT2D eigenvalue weighted by atomic mass is 32.2. The average Bonchev–Trinajstić information content (AvgIpc) is 3.35. The summed E-state index contributed by atoms with van der Waals surface area (Å²) >= 11 is 1.51. The van der Waals surface area contributed by atoms with E-state index in [-0.39, 0.29) is 9.79 Å². The van der Waals surface area contributed by atoms with Crippen molar-refractivity contribution in [3.63, 3.8) is 0 Å². The summed E-state index contributed by atoms with van der Waals surface area (Å²) < 4.78 is 54.8. The van der Waals surface area contributed by atoms with Gasteiger partial charge >= 0.3 is 0 Å². The van der Waals surface area contributed by atoms with Gasteiger partial charge in [-0.15, -0.1) is 0 Å². The fraction of sp³-hybridized carbons (Fsp3) is 0.238. The molecule has 7 nitrogen and oxygen atoms in total. The number of sulfonamides is 2. The van der Waals surface area contributed by atoms with Crippen LogP contribution in [0.1, 0.15) is 17.3 Å². The third kappa shape index (κ3) is 3.43. The van der Waals surface area contributed by atoms with Gasteiger partial charge in [0.2, 0.25) is 10.0 Å². The van der Waals surface area contributed by atoms with Gasteiger partial charge in [-0.1, -0.05) is 12.1 Å². The largest absolute Gasteiger partial charge is 0.348 e. The first-order valence-electron chi connectivity index (χ1n) is 9.48. The van der Waals surface area contributed by atoms with E-state index in [2.05, 4.69) is 0 Å². The van der Waals surface area contributed by atoms with Crippen molar-refractivity contribution in [1.82, 2.24) is 4.31 Å². The lowest BCUT2D eigenvalue weighted by atomic mass is 10.1. The number of hydrogen-bond acceptors (Lipinski definition) is 6. The van der Waals surface area contributed by atoms with Gasteiger partial charge < -0.3 is 4.90 Å². The molecule has 0 N–H and O–H groups in total. The number of para-hydroxylation sites is 1. The van der Waals surface area contributed by atoms with Crippen LogP contribution in [0.5, 0.6) is 0 Å². The minimum Gasteiger partial charge on any atom is -0.348 e. The standard InChI is InChI=1S/C21H23N3O4S3/c1-15-6-5-7-19-20(15)23(4)21(16-12-13-29-14-16)24(19)31(27,28)18-10-8-17(9-11-18)30(25,26)22(2)3/h5-14,21H,1-4H3. The molecule has 0 saturated heterocycles. The molecular formula is C21H23N3O4S3. The van der Waals surface area contributed by atoms with Crippen LogP contribution < -0.4 is 9.21 Å². The van der Waals surface area contributed by atoms with Crippen molar-refractivity contribution in [2.75, 3.05) is 30.3 Å². The maximum atomic E-state index is 13.8. The Bertz CT molecular complexity index is 1320. The Morgan fingerprint density at radius 3 is 2.16 bits per heavy atom. The molecule has 4 rings (SSSR count). The zero-order valence-corrected chi connectivity index (χ0v) is 20.0. The molecule has 0 bridgehead atoms. The van der Waals surface area contributed by atoms with E-state index >= 15 is 0 Å². The van der Waals surface area contributed by atoms with E-state index < -0.39 is 26.2 Å². The van der Waals surface area contributed by atoms with E-state index in [1.165, 1.54) is 54.0 Å². The fourth-order valence-electron chi connectivity index (χ4n) is 3.84. The van der Waals surface area contributed by atoms with Crippen molar-refractivity contribution in [2.24, 2.45) is 0 Å². The normalized spacial score (nSPS) is 16.7. The monoisotopic (exact) mass is 477 g/mol. The number of fused-ring (bicyclic) bond motifs is 1. The second-order valence-electron chi connectivity index (χ2n) is 7.54. The highest BCUT2D eigenvalue weighted by Crippen LogP contribution is 2.49. The molecule has 0 aliphatic carbocycles. The third-order valence-corrected chi connectivity index (χ3v) is 9.71. The molecule has 0 saturated carbocycles. The molecule has 0 radical (unpaired) electrons. The van der Waals surface area contributed by atoms with Crippen LogP contribution in [0.15, 0.2) is 69.1 Å². The molecule has 164 valence electrons. The van der Waals surface area contributed by atoms with Crippen molar-refractivity contribution in [3.05, 3.63) is 70.4 Å². The third-order valence-electron chi connectivity index (χ3n) is 5.40. The van der Waals surface area contributed by atoms with Crippen LogP contribution in [-0.2, 0) is 20.0 Å². The Kier molecular flexibility index (Phi) is 5.37. The van der Waals surface area contributed by atoms with Gasteiger partial charge in [-0.05, 0) is 59.6 Å². The first kappa shape index (κ1) is 21.8. The number of anilines is 2. The van der Waals surface area contributed by atoms with Gasteiger partial charge in [0.05, 0.1) is 21.2 Å². The summed E-state index contributed by atoms with van der Waals surface area (Å²) in [6.45, 7) is 1.96. The Morgan fingerprint density at radius 2 is 1.58 bits per heavy atom. The summed E-state index contributed by atoms with van der Waals surface area (Å²) in [7, 11) is -2.87. The predicted molar refractivity (Wildman–Crippen MR) is 124 cm³/mol. The first-order valence-corrected chi connectivity index (χ1v) is 13.3. The van der Waals surface area contributed by atoms with Gasteiger partial charge in [0, 0.05) is 26.7 Å². The van der Waals surface area contributed by atoms with Crippen molar-refractivity contribution in [3.8, 4) is 0 Å². The molecule has 0 amide bonds. The zero-order chi connectivity index (χ0) is 22.6. The van der Waals surface area contributed by atoms with E-state index in [9.17, 15) is 16.8 Å². The van der Waals surface area contributed by atoms with Crippen LogP contribution in [0.4, 0.5) is 11.4 Å². The second-order valence-corrected chi connectivity index (χ2v) is 12.3. The lowest BCUT2D eigenvalue weighted by molar-refractivity contribution is 0.520. The molecular weight excluding hydrogens is 454 g/mol. The molecule has 1 unspecified atom stereocenters. The molecule has 0 spiro atoms. The molecule has 2 heterocycles. The molecule has 1 aliphatic heterocycles. The SMILES string of the molecule is Cc1cccc2c1N(C)C(c1ccsc1)N2S(=O)(=O)c1ccc(S(=O)(=O)N(C)C)cc1. The maximum Gasteiger partial charge on any atom is 0.266 e. The van der Waals surface area contributed by atoms with Gasteiger partial charge in [0.15, 0.2) is 0 Å². The molecule has 10 heteroatoms. The van der Waals surface area contributed by atoms with Crippen LogP contribution >= 0.6 is 11.3 Å². The van der Waals surface area contributed by atoms with Crippen LogP contribution in [0.25, 0.3) is 0 Å².